The minimum absolute atomic E-state index is 0.0196. The van der Waals surface area contributed by atoms with Crippen LogP contribution in [0, 0.1) is 10.1 Å². The Labute approximate surface area is 172 Å². The number of amides is 1. The van der Waals surface area contributed by atoms with Crippen LogP contribution < -0.4 is 5.32 Å². The first kappa shape index (κ1) is 22.5. The summed E-state index contributed by atoms with van der Waals surface area (Å²) >= 11 is 0. The van der Waals surface area contributed by atoms with Crippen molar-refractivity contribution in [2.24, 2.45) is 0 Å². The Balaban J connectivity index is 2.16. The van der Waals surface area contributed by atoms with Gasteiger partial charge in [-0.2, -0.15) is 0 Å². The zero-order valence-electron chi connectivity index (χ0n) is 16.4. The van der Waals surface area contributed by atoms with E-state index in [-0.39, 0.29) is 31.4 Å². The van der Waals surface area contributed by atoms with Gasteiger partial charge in [-0.05, 0) is 23.1 Å². The summed E-state index contributed by atoms with van der Waals surface area (Å²) < 4.78 is 4.51. The van der Waals surface area contributed by atoms with Gasteiger partial charge in [-0.15, -0.1) is 0 Å². The van der Waals surface area contributed by atoms with Gasteiger partial charge in [0.25, 0.3) is 5.69 Å². The van der Waals surface area contributed by atoms with Gasteiger partial charge in [0.2, 0.25) is 5.91 Å². The monoisotopic (exact) mass is 414 g/mol. The van der Waals surface area contributed by atoms with Crippen LogP contribution in [0.25, 0.3) is 11.1 Å². The Hall–Kier alpha value is -3.75. The summed E-state index contributed by atoms with van der Waals surface area (Å²) in [6, 6.07) is 12.6. The number of nitrogens with zero attached hydrogens (tertiary/aromatic N) is 1. The highest BCUT2D eigenvalue weighted by atomic mass is 16.6. The van der Waals surface area contributed by atoms with Gasteiger partial charge in [0.1, 0.15) is 0 Å². The van der Waals surface area contributed by atoms with Gasteiger partial charge in [-0.1, -0.05) is 36.4 Å². The van der Waals surface area contributed by atoms with Crippen molar-refractivity contribution >= 4 is 23.5 Å². The van der Waals surface area contributed by atoms with E-state index in [0.29, 0.717) is 11.1 Å². The predicted molar refractivity (Wildman–Crippen MR) is 108 cm³/mol. The van der Waals surface area contributed by atoms with Crippen LogP contribution in [0.4, 0.5) is 5.69 Å². The van der Waals surface area contributed by atoms with Gasteiger partial charge < -0.3 is 15.2 Å². The number of carbonyl (C=O) groups excluding carboxylic acids is 2. The first-order valence-electron chi connectivity index (χ1n) is 9.23. The van der Waals surface area contributed by atoms with Gasteiger partial charge in [-0.25, -0.2) is 0 Å². The third-order valence-electron chi connectivity index (χ3n) is 4.47. The fourth-order valence-electron chi connectivity index (χ4n) is 2.88. The Morgan fingerprint density at radius 2 is 1.77 bits per heavy atom. The molecule has 2 N–H and O–H groups in total. The van der Waals surface area contributed by atoms with Gasteiger partial charge in [-0.3, -0.25) is 24.5 Å². The first-order chi connectivity index (χ1) is 14.3. The fraction of sp³-hybridized carbons (Fsp3) is 0.286. The summed E-state index contributed by atoms with van der Waals surface area (Å²) in [6.45, 7) is 0. The van der Waals surface area contributed by atoms with Gasteiger partial charge in [0, 0.05) is 25.0 Å². The zero-order valence-corrected chi connectivity index (χ0v) is 16.4. The molecule has 2 aromatic carbocycles. The number of esters is 1. The highest BCUT2D eigenvalue weighted by Gasteiger charge is 2.17. The number of rotatable bonds is 10. The summed E-state index contributed by atoms with van der Waals surface area (Å²) in [5, 5.41) is 22.7. The minimum atomic E-state index is -0.989. The third-order valence-corrected chi connectivity index (χ3v) is 4.47. The lowest BCUT2D eigenvalue weighted by atomic mass is 9.97. The van der Waals surface area contributed by atoms with Crippen molar-refractivity contribution in [3.05, 3.63) is 64.2 Å². The highest BCUT2D eigenvalue weighted by Crippen LogP contribution is 2.26. The van der Waals surface area contributed by atoms with E-state index in [2.05, 4.69) is 10.1 Å². The van der Waals surface area contributed by atoms with Crippen molar-refractivity contribution in [3.63, 3.8) is 0 Å². The van der Waals surface area contributed by atoms with Crippen molar-refractivity contribution in [2.45, 2.75) is 31.7 Å². The summed E-state index contributed by atoms with van der Waals surface area (Å²) in [4.78, 5) is 44.8. The number of carbonyl (C=O) groups is 3. The molecule has 0 fully saturated rings. The van der Waals surface area contributed by atoms with Gasteiger partial charge in [0.15, 0.2) is 0 Å². The van der Waals surface area contributed by atoms with Crippen molar-refractivity contribution < 1.29 is 29.2 Å². The number of aliphatic carboxylic acids is 1. The van der Waals surface area contributed by atoms with Crippen LogP contribution in [0.15, 0.2) is 48.5 Å². The largest absolute Gasteiger partial charge is 0.481 e. The van der Waals surface area contributed by atoms with Crippen LogP contribution in [0.5, 0.6) is 0 Å². The van der Waals surface area contributed by atoms with Crippen LogP contribution in [0.2, 0.25) is 0 Å². The maximum atomic E-state index is 12.2. The van der Waals surface area contributed by atoms with Gasteiger partial charge in [0.05, 0.1) is 24.5 Å². The second kappa shape index (κ2) is 10.7. The molecule has 1 atom stereocenters. The average Bonchev–Trinajstić information content (AvgIpc) is 2.75. The lowest BCUT2D eigenvalue weighted by Gasteiger charge is -2.19. The van der Waals surface area contributed by atoms with E-state index >= 15 is 0 Å². The molecule has 1 unspecified atom stereocenters. The van der Waals surface area contributed by atoms with Crippen molar-refractivity contribution in [2.75, 3.05) is 7.11 Å². The van der Waals surface area contributed by atoms with Crippen LogP contribution in [-0.2, 0) is 19.1 Å². The van der Waals surface area contributed by atoms with E-state index in [4.69, 9.17) is 5.11 Å². The Bertz CT molecular complexity index is 925. The second-order valence-electron chi connectivity index (χ2n) is 6.56. The summed E-state index contributed by atoms with van der Waals surface area (Å²) in [6.07, 6.45) is -0.105. The number of methoxy groups -OCH3 is 1. The normalized spacial score (nSPS) is 11.4. The van der Waals surface area contributed by atoms with Crippen LogP contribution >= 0.6 is 0 Å². The van der Waals surface area contributed by atoms with E-state index < -0.39 is 28.8 Å². The van der Waals surface area contributed by atoms with Gasteiger partial charge >= 0.3 is 11.9 Å². The number of non-ortho nitro benzene ring substituents is 1. The number of nitro groups is 1. The Morgan fingerprint density at radius 3 is 2.37 bits per heavy atom. The van der Waals surface area contributed by atoms with Crippen molar-refractivity contribution in [1.82, 2.24) is 5.32 Å². The Kier molecular flexibility index (Phi) is 8.04. The van der Waals surface area contributed by atoms with E-state index in [1.807, 2.05) is 0 Å². The molecule has 0 radical (unpaired) electrons. The molecule has 0 aromatic heterocycles. The van der Waals surface area contributed by atoms with E-state index in [1.165, 1.54) is 19.2 Å². The maximum absolute atomic E-state index is 12.2. The maximum Gasteiger partial charge on any atom is 0.306 e. The summed E-state index contributed by atoms with van der Waals surface area (Å²) in [5.41, 5.74) is 2.09. The minimum Gasteiger partial charge on any atom is -0.481 e. The number of nitro benzene ring substituents is 1. The molecule has 9 nitrogen and oxygen atoms in total. The predicted octanol–water partition coefficient (Wildman–Crippen LogP) is 3.24. The molecule has 30 heavy (non-hydrogen) atoms. The smallest absolute Gasteiger partial charge is 0.306 e. The van der Waals surface area contributed by atoms with Crippen LogP contribution in [0.3, 0.4) is 0 Å². The number of hydrogen-bond donors (Lipinski definition) is 2. The number of hydrogen-bond acceptors (Lipinski definition) is 6. The molecule has 1 amide bonds. The third kappa shape index (κ3) is 6.69. The van der Waals surface area contributed by atoms with E-state index in [1.54, 1.807) is 36.4 Å². The molecule has 0 spiro atoms. The SMILES string of the molecule is COC(=O)CCC(=O)NC(CCC(=O)O)c1ccc(-c2cccc([N+](=O)[O-])c2)cc1. The molecular formula is C21H22N2O7. The molecule has 158 valence electrons. The van der Waals surface area contributed by atoms with E-state index in [9.17, 15) is 24.5 Å². The van der Waals surface area contributed by atoms with Crippen molar-refractivity contribution in [3.8, 4) is 11.1 Å². The number of carboxylic acid groups (broad SMARTS) is 1. The average molecular weight is 414 g/mol. The fourth-order valence-corrected chi connectivity index (χ4v) is 2.88. The van der Waals surface area contributed by atoms with Crippen LogP contribution in [0.1, 0.15) is 37.3 Å². The zero-order chi connectivity index (χ0) is 22.1. The number of benzene rings is 2. The molecule has 0 aliphatic rings. The number of ether oxygens (including phenoxy) is 1. The number of carboxylic acids is 1. The topological polar surface area (TPSA) is 136 Å². The molecule has 0 aliphatic carbocycles. The molecule has 9 heteroatoms. The first-order valence-corrected chi connectivity index (χ1v) is 9.23. The molecule has 0 saturated heterocycles. The summed E-state index contributed by atoms with van der Waals surface area (Å²) in [5.74, 6) is -1.89. The molecular weight excluding hydrogens is 392 g/mol. The number of nitrogens with one attached hydrogen (secondary N) is 1. The Morgan fingerprint density at radius 1 is 1.07 bits per heavy atom. The molecule has 0 heterocycles. The molecule has 0 aliphatic heterocycles. The second-order valence-corrected chi connectivity index (χ2v) is 6.56. The highest BCUT2D eigenvalue weighted by molar-refractivity contribution is 5.81. The van der Waals surface area contributed by atoms with E-state index in [0.717, 1.165) is 5.56 Å². The van der Waals surface area contributed by atoms with Crippen molar-refractivity contribution in [1.29, 1.82) is 0 Å². The molecule has 2 aromatic rings. The quantitative estimate of drug-likeness (QED) is 0.346. The standard InChI is InChI=1S/C21H22N2O7/c1-30-21(27)12-10-19(24)22-18(9-11-20(25)26)15-7-5-14(6-8-15)16-3-2-4-17(13-16)23(28)29/h2-8,13,18H,9-12H2,1H3,(H,22,24)(H,25,26). The lowest BCUT2D eigenvalue weighted by Crippen LogP contribution is -2.29. The molecule has 0 bridgehead atoms. The van der Waals surface area contributed by atoms with Crippen LogP contribution in [-0.4, -0.2) is 35.0 Å². The summed E-state index contributed by atoms with van der Waals surface area (Å²) in [7, 11) is 1.23. The lowest BCUT2D eigenvalue weighted by molar-refractivity contribution is -0.384. The molecule has 2 rings (SSSR count). The molecule has 0 saturated carbocycles.